The maximum atomic E-state index is 10.7. The van der Waals surface area contributed by atoms with Crippen LogP contribution in [0.15, 0.2) is 24.3 Å². The molecule has 0 saturated carbocycles. The first-order valence-corrected chi connectivity index (χ1v) is 5.01. The number of aromatic carboxylic acids is 1. The number of benzene rings is 1. The second kappa shape index (κ2) is 4.45. The highest BCUT2D eigenvalue weighted by Gasteiger charge is 2.19. The summed E-state index contributed by atoms with van der Waals surface area (Å²) in [6.07, 6.45) is 0.888. The molecule has 0 fully saturated rings. The van der Waals surface area contributed by atoms with E-state index in [1.165, 1.54) is 0 Å². The van der Waals surface area contributed by atoms with Gasteiger partial charge in [0.2, 0.25) is 0 Å². The fraction of sp³-hybridized carbons (Fsp3) is 0.417. The number of carboxylic acids is 1. The minimum Gasteiger partial charge on any atom is -0.478 e. The van der Waals surface area contributed by atoms with Gasteiger partial charge in [-0.1, -0.05) is 26.0 Å². The van der Waals surface area contributed by atoms with Gasteiger partial charge in [-0.25, -0.2) is 4.79 Å². The lowest BCUT2D eigenvalue weighted by Gasteiger charge is -2.24. The quantitative estimate of drug-likeness (QED) is 0.793. The van der Waals surface area contributed by atoms with E-state index in [1.807, 2.05) is 12.1 Å². The summed E-state index contributed by atoms with van der Waals surface area (Å²) in [5.74, 6) is -0.891. The Bertz CT molecular complexity index is 341. The van der Waals surface area contributed by atoms with Gasteiger partial charge in [-0.15, -0.1) is 0 Å². The van der Waals surface area contributed by atoms with E-state index in [1.54, 1.807) is 12.1 Å². The van der Waals surface area contributed by atoms with Gasteiger partial charge in [-0.05, 0) is 36.1 Å². The van der Waals surface area contributed by atoms with Gasteiger partial charge < -0.3 is 10.8 Å². The van der Waals surface area contributed by atoms with Crippen molar-refractivity contribution in [2.45, 2.75) is 25.7 Å². The zero-order chi connectivity index (χ0) is 11.5. The largest absolute Gasteiger partial charge is 0.478 e. The summed E-state index contributed by atoms with van der Waals surface area (Å²) in [4.78, 5) is 10.7. The number of carbonyl (C=O) groups is 1. The van der Waals surface area contributed by atoms with E-state index in [0.29, 0.717) is 12.1 Å². The van der Waals surface area contributed by atoms with E-state index in [0.717, 1.165) is 12.0 Å². The van der Waals surface area contributed by atoms with Crippen LogP contribution in [0.4, 0.5) is 0 Å². The predicted molar refractivity (Wildman–Crippen MR) is 60.1 cm³/mol. The van der Waals surface area contributed by atoms with Crippen molar-refractivity contribution in [3.63, 3.8) is 0 Å². The molecule has 0 spiro atoms. The molecule has 82 valence electrons. The first kappa shape index (κ1) is 11.7. The average Bonchev–Trinajstić information content (AvgIpc) is 2.18. The molecule has 3 N–H and O–H groups in total. The molecular weight excluding hydrogens is 190 g/mol. The topological polar surface area (TPSA) is 63.3 Å². The zero-order valence-electron chi connectivity index (χ0n) is 9.16. The van der Waals surface area contributed by atoms with E-state index >= 15 is 0 Å². The molecule has 3 heteroatoms. The standard InChI is InChI=1S/C12H17NO2/c1-12(2,7-8-13)10-5-3-9(4-6-10)11(14)15/h3-6H,7-8,13H2,1-2H3,(H,14,15). The maximum absolute atomic E-state index is 10.7. The molecular formula is C12H17NO2. The fourth-order valence-electron chi connectivity index (χ4n) is 1.57. The molecule has 0 saturated heterocycles. The van der Waals surface area contributed by atoms with Crippen molar-refractivity contribution in [3.05, 3.63) is 35.4 Å². The highest BCUT2D eigenvalue weighted by molar-refractivity contribution is 5.87. The van der Waals surface area contributed by atoms with E-state index < -0.39 is 5.97 Å². The van der Waals surface area contributed by atoms with Crippen molar-refractivity contribution in [1.82, 2.24) is 0 Å². The molecule has 0 aliphatic carbocycles. The third-order valence-electron chi connectivity index (χ3n) is 2.68. The third-order valence-corrected chi connectivity index (χ3v) is 2.68. The summed E-state index contributed by atoms with van der Waals surface area (Å²) in [6.45, 7) is 4.85. The first-order chi connectivity index (χ1) is 6.97. The van der Waals surface area contributed by atoms with Crippen LogP contribution >= 0.6 is 0 Å². The Morgan fingerprint density at radius 2 is 1.87 bits per heavy atom. The second-order valence-corrected chi connectivity index (χ2v) is 4.31. The number of hydrogen-bond donors (Lipinski definition) is 2. The maximum Gasteiger partial charge on any atom is 0.335 e. The minimum absolute atomic E-state index is 0.00574. The number of carboxylic acid groups (broad SMARTS) is 1. The first-order valence-electron chi connectivity index (χ1n) is 5.01. The van der Waals surface area contributed by atoms with Gasteiger partial charge in [-0.3, -0.25) is 0 Å². The van der Waals surface area contributed by atoms with Gasteiger partial charge in [0.1, 0.15) is 0 Å². The molecule has 3 nitrogen and oxygen atoms in total. The van der Waals surface area contributed by atoms with Gasteiger partial charge in [0, 0.05) is 0 Å². The Kier molecular flexibility index (Phi) is 3.48. The molecule has 0 heterocycles. The normalized spacial score (nSPS) is 11.4. The Morgan fingerprint density at radius 1 is 1.33 bits per heavy atom. The summed E-state index contributed by atoms with van der Waals surface area (Å²) < 4.78 is 0. The highest BCUT2D eigenvalue weighted by atomic mass is 16.4. The predicted octanol–water partition coefficient (Wildman–Crippen LogP) is 2.01. The van der Waals surface area contributed by atoms with Gasteiger partial charge in [0.05, 0.1) is 5.56 Å². The van der Waals surface area contributed by atoms with Crippen LogP contribution in [0, 0.1) is 0 Å². The lowest BCUT2D eigenvalue weighted by atomic mass is 9.81. The zero-order valence-corrected chi connectivity index (χ0v) is 9.16. The van der Waals surface area contributed by atoms with Gasteiger partial charge in [0.15, 0.2) is 0 Å². The van der Waals surface area contributed by atoms with Crippen LogP contribution < -0.4 is 5.73 Å². The van der Waals surface area contributed by atoms with Gasteiger partial charge in [0.25, 0.3) is 0 Å². The Labute approximate surface area is 89.9 Å². The van der Waals surface area contributed by atoms with Crippen molar-refractivity contribution in [2.75, 3.05) is 6.54 Å². The number of hydrogen-bond acceptors (Lipinski definition) is 2. The Morgan fingerprint density at radius 3 is 2.27 bits per heavy atom. The molecule has 15 heavy (non-hydrogen) atoms. The SMILES string of the molecule is CC(C)(CCN)c1ccc(C(=O)O)cc1. The molecule has 1 aromatic rings. The Hall–Kier alpha value is -1.35. The van der Waals surface area contributed by atoms with Crippen LogP contribution in [0.2, 0.25) is 0 Å². The molecule has 1 rings (SSSR count). The minimum atomic E-state index is -0.891. The van der Waals surface area contributed by atoms with E-state index in [4.69, 9.17) is 10.8 Å². The third kappa shape index (κ3) is 2.80. The summed E-state index contributed by atoms with van der Waals surface area (Å²) in [6, 6.07) is 6.99. The van der Waals surface area contributed by atoms with Crippen LogP contribution in [0.3, 0.4) is 0 Å². The molecule has 0 radical (unpaired) electrons. The lowest BCUT2D eigenvalue weighted by molar-refractivity contribution is 0.0697. The molecule has 0 aromatic heterocycles. The van der Waals surface area contributed by atoms with Crippen LogP contribution in [0.25, 0.3) is 0 Å². The number of nitrogens with two attached hydrogens (primary N) is 1. The lowest BCUT2D eigenvalue weighted by Crippen LogP contribution is -2.21. The van der Waals surface area contributed by atoms with E-state index in [9.17, 15) is 4.79 Å². The van der Waals surface area contributed by atoms with E-state index in [2.05, 4.69) is 13.8 Å². The highest BCUT2D eigenvalue weighted by Crippen LogP contribution is 2.26. The molecule has 0 aliphatic rings. The fourth-order valence-corrected chi connectivity index (χ4v) is 1.57. The molecule has 0 unspecified atom stereocenters. The monoisotopic (exact) mass is 207 g/mol. The summed E-state index contributed by atoms with van der Waals surface area (Å²) in [5, 5.41) is 8.76. The summed E-state index contributed by atoms with van der Waals surface area (Å²) >= 11 is 0. The molecule has 0 atom stereocenters. The van der Waals surface area contributed by atoms with Crippen molar-refractivity contribution in [2.24, 2.45) is 5.73 Å². The molecule has 0 amide bonds. The van der Waals surface area contributed by atoms with E-state index in [-0.39, 0.29) is 5.41 Å². The summed E-state index contributed by atoms with van der Waals surface area (Å²) in [5.41, 5.74) is 6.99. The van der Waals surface area contributed by atoms with Gasteiger partial charge >= 0.3 is 5.97 Å². The molecule has 1 aromatic carbocycles. The molecule has 0 bridgehead atoms. The second-order valence-electron chi connectivity index (χ2n) is 4.31. The van der Waals surface area contributed by atoms with Crippen molar-refractivity contribution in [3.8, 4) is 0 Å². The van der Waals surface area contributed by atoms with Crippen molar-refractivity contribution in [1.29, 1.82) is 0 Å². The smallest absolute Gasteiger partial charge is 0.335 e. The number of rotatable bonds is 4. The van der Waals surface area contributed by atoms with Crippen LogP contribution in [-0.4, -0.2) is 17.6 Å². The Balaban J connectivity index is 2.93. The van der Waals surface area contributed by atoms with Crippen molar-refractivity contribution >= 4 is 5.97 Å². The summed E-state index contributed by atoms with van der Waals surface area (Å²) in [7, 11) is 0. The van der Waals surface area contributed by atoms with Crippen LogP contribution in [0.5, 0.6) is 0 Å². The molecule has 0 aliphatic heterocycles. The average molecular weight is 207 g/mol. The van der Waals surface area contributed by atoms with Gasteiger partial charge in [-0.2, -0.15) is 0 Å². The van der Waals surface area contributed by atoms with Crippen LogP contribution in [-0.2, 0) is 5.41 Å². The van der Waals surface area contributed by atoms with Crippen LogP contribution in [0.1, 0.15) is 36.2 Å². The van der Waals surface area contributed by atoms with Crippen molar-refractivity contribution < 1.29 is 9.90 Å².